The molecule has 3 heteroatoms. The molecule has 0 unspecified atom stereocenters. The maximum atomic E-state index is 2.49. The van der Waals surface area contributed by atoms with Gasteiger partial charge >= 0.3 is 0 Å². The molecule has 0 atom stereocenters. The molecule has 0 radical (unpaired) electrons. The third-order valence-electron chi connectivity index (χ3n) is 0.557. The highest BCUT2D eigenvalue weighted by Gasteiger charge is 2.14. The molecule has 0 bridgehead atoms. The molecule has 0 aromatic rings. The zero-order chi connectivity index (χ0) is 5.91. The maximum absolute atomic E-state index is 2.49. The molecule has 0 spiro atoms. The van der Waals surface area contributed by atoms with Gasteiger partial charge in [0.2, 0.25) is 0 Å². The number of rotatable bonds is 2. The average molecular weight is 436 g/mol. The SMILES string of the molecule is CC(I)(CI)CI. The maximum Gasteiger partial charge on any atom is 0.0372 e. The summed E-state index contributed by atoms with van der Waals surface area (Å²) < 4.78 is 3.02. The van der Waals surface area contributed by atoms with Crippen molar-refractivity contribution in [2.75, 3.05) is 8.86 Å². The fourth-order valence-corrected chi connectivity index (χ4v) is 1.61. The van der Waals surface area contributed by atoms with Gasteiger partial charge in [0.1, 0.15) is 0 Å². The molecular weight excluding hydrogens is 429 g/mol. The molecule has 0 N–H and O–H groups in total. The highest BCUT2D eigenvalue weighted by atomic mass is 127. The lowest BCUT2D eigenvalue weighted by molar-refractivity contribution is 0.904. The fourth-order valence-electron chi connectivity index (χ4n) is 0.0357. The molecule has 7 heavy (non-hydrogen) atoms. The van der Waals surface area contributed by atoms with Crippen LogP contribution in [0, 0.1) is 0 Å². The smallest absolute Gasteiger partial charge is 0.0372 e. The molecule has 44 valence electrons. The van der Waals surface area contributed by atoms with Crippen molar-refractivity contribution >= 4 is 67.8 Å². The topological polar surface area (TPSA) is 0 Å². The van der Waals surface area contributed by atoms with Crippen molar-refractivity contribution in [1.82, 2.24) is 0 Å². The summed E-state index contributed by atoms with van der Waals surface area (Å²) in [7, 11) is 0. The van der Waals surface area contributed by atoms with Crippen molar-refractivity contribution in [2.24, 2.45) is 0 Å². The first-order valence-electron chi connectivity index (χ1n) is 1.93. The predicted molar refractivity (Wildman–Crippen MR) is 60.2 cm³/mol. The molecule has 0 heterocycles. The number of hydrogen-bond donors (Lipinski definition) is 0. The fraction of sp³-hybridized carbons (Fsp3) is 1.00. The Morgan fingerprint density at radius 3 is 1.57 bits per heavy atom. The van der Waals surface area contributed by atoms with Gasteiger partial charge in [-0.05, 0) is 6.92 Å². The molecule has 0 rings (SSSR count). The van der Waals surface area contributed by atoms with Crippen LogP contribution in [0.15, 0.2) is 0 Å². The minimum atomic E-state index is 0.527. The molecule has 0 aliphatic heterocycles. The van der Waals surface area contributed by atoms with Crippen molar-refractivity contribution in [3.05, 3.63) is 0 Å². The molecule has 0 fully saturated rings. The van der Waals surface area contributed by atoms with E-state index < -0.39 is 0 Å². The molecule has 0 aliphatic rings. The van der Waals surface area contributed by atoms with Gasteiger partial charge in [-0.25, -0.2) is 0 Å². The summed E-state index contributed by atoms with van der Waals surface area (Å²) in [6.07, 6.45) is 0. The quantitative estimate of drug-likeness (QED) is 0.462. The predicted octanol–water partition coefficient (Wildman–Crippen LogP) is 3.05. The number of halogens is 3. The Bertz CT molecular complexity index is 44.9. The van der Waals surface area contributed by atoms with Crippen LogP contribution in [0.3, 0.4) is 0 Å². The van der Waals surface area contributed by atoms with Gasteiger partial charge in [-0.2, -0.15) is 0 Å². The third kappa shape index (κ3) is 4.68. The lowest BCUT2D eigenvalue weighted by Gasteiger charge is -2.13. The lowest BCUT2D eigenvalue weighted by Crippen LogP contribution is -2.18. The van der Waals surface area contributed by atoms with Crippen molar-refractivity contribution in [2.45, 2.75) is 10.3 Å². The standard InChI is InChI=1S/C4H7I3/c1-4(7,2-5)3-6/h2-3H2,1H3. The van der Waals surface area contributed by atoms with Gasteiger partial charge in [0.25, 0.3) is 0 Å². The van der Waals surface area contributed by atoms with Crippen LogP contribution < -0.4 is 0 Å². The van der Waals surface area contributed by atoms with Crippen LogP contribution in [0.4, 0.5) is 0 Å². The Morgan fingerprint density at radius 2 is 1.57 bits per heavy atom. The summed E-state index contributed by atoms with van der Waals surface area (Å²) in [6, 6.07) is 0. The first-order chi connectivity index (χ1) is 3.12. The van der Waals surface area contributed by atoms with E-state index in [1.165, 1.54) is 8.86 Å². The van der Waals surface area contributed by atoms with E-state index in [1.54, 1.807) is 0 Å². The molecule has 0 aromatic heterocycles. The zero-order valence-corrected chi connectivity index (χ0v) is 10.5. The second-order valence-electron chi connectivity index (χ2n) is 1.68. The minimum Gasteiger partial charge on any atom is -0.0849 e. The molecule has 0 saturated heterocycles. The summed E-state index contributed by atoms with van der Waals surface area (Å²) >= 11 is 7.32. The zero-order valence-electron chi connectivity index (χ0n) is 4.05. The van der Waals surface area contributed by atoms with Crippen LogP contribution in [-0.2, 0) is 0 Å². The summed E-state index contributed by atoms with van der Waals surface area (Å²) in [5, 5.41) is 0. The van der Waals surface area contributed by atoms with Gasteiger partial charge < -0.3 is 0 Å². The van der Waals surface area contributed by atoms with E-state index in [0.717, 1.165) is 0 Å². The number of hydrogen-bond acceptors (Lipinski definition) is 0. The van der Waals surface area contributed by atoms with E-state index in [-0.39, 0.29) is 0 Å². The van der Waals surface area contributed by atoms with Crippen molar-refractivity contribution < 1.29 is 0 Å². The van der Waals surface area contributed by atoms with Crippen LogP contribution in [0.5, 0.6) is 0 Å². The summed E-state index contributed by atoms with van der Waals surface area (Å²) in [4.78, 5) is 0. The third-order valence-corrected chi connectivity index (χ3v) is 7.61. The second kappa shape index (κ2) is 4.08. The number of alkyl halides is 3. The molecule has 0 amide bonds. The Balaban J connectivity index is 3.36. The van der Waals surface area contributed by atoms with E-state index >= 15 is 0 Å². The van der Waals surface area contributed by atoms with Gasteiger partial charge in [-0.1, -0.05) is 67.8 Å². The molecule has 0 nitrogen and oxygen atoms in total. The van der Waals surface area contributed by atoms with E-state index in [9.17, 15) is 0 Å². The summed E-state index contributed by atoms with van der Waals surface area (Å²) in [5.74, 6) is 0. The van der Waals surface area contributed by atoms with Gasteiger partial charge in [0.05, 0.1) is 0 Å². The Morgan fingerprint density at radius 1 is 1.29 bits per heavy atom. The lowest BCUT2D eigenvalue weighted by atomic mass is 10.3. The van der Waals surface area contributed by atoms with Gasteiger partial charge in [-0.15, -0.1) is 0 Å². The normalized spacial score (nSPS) is 12.0. The molecule has 0 saturated carbocycles. The first-order valence-corrected chi connectivity index (χ1v) is 6.06. The molecular formula is C4H7I3. The highest BCUT2D eigenvalue weighted by Crippen LogP contribution is 2.22. The van der Waals surface area contributed by atoms with Gasteiger partial charge in [0.15, 0.2) is 0 Å². The minimum absolute atomic E-state index is 0.527. The Kier molecular flexibility index (Phi) is 5.35. The van der Waals surface area contributed by atoms with Crippen molar-refractivity contribution in [3.8, 4) is 0 Å². The van der Waals surface area contributed by atoms with Gasteiger partial charge in [0, 0.05) is 12.3 Å². The Labute approximate surface area is 85.6 Å². The van der Waals surface area contributed by atoms with Crippen LogP contribution in [-0.4, -0.2) is 12.3 Å². The van der Waals surface area contributed by atoms with Crippen LogP contribution in [0.2, 0.25) is 0 Å². The average Bonchev–Trinajstić information content (AvgIpc) is 1.68. The summed E-state index contributed by atoms with van der Waals surface area (Å²) in [5.41, 5.74) is 0. The monoisotopic (exact) mass is 436 g/mol. The van der Waals surface area contributed by atoms with Crippen molar-refractivity contribution in [1.29, 1.82) is 0 Å². The highest BCUT2D eigenvalue weighted by molar-refractivity contribution is 14.1. The van der Waals surface area contributed by atoms with Crippen LogP contribution >= 0.6 is 67.8 Å². The van der Waals surface area contributed by atoms with Gasteiger partial charge in [-0.3, -0.25) is 0 Å². The Hall–Kier alpha value is 2.19. The molecule has 0 aliphatic carbocycles. The largest absolute Gasteiger partial charge is 0.0849 e. The van der Waals surface area contributed by atoms with Crippen LogP contribution in [0.1, 0.15) is 6.92 Å². The van der Waals surface area contributed by atoms with E-state index in [1.807, 2.05) is 0 Å². The second-order valence-corrected chi connectivity index (χ2v) is 5.81. The van der Waals surface area contributed by atoms with E-state index in [2.05, 4.69) is 74.7 Å². The summed E-state index contributed by atoms with van der Waals surface area (Å²) in [6.45, 7) is 2.27. The van der Waals surface area contributed by atoms with Crippen molar-refractivity contribution in [3.63, 3.8) is 0 Å². The van der Waals surface area contributed by atoms with E-state index in [4.69, 9.17) is 0 Å². The van der Waals surface area contributed by atoms with E-state index in [0.29, 0.717) is 3.42 Å². The van der Waals surface area contributed by atoms with Crippen LogP contribution in [0.25, 0.3) is 0 Å². The molecule has 0 aromatic carbocycles. The first kappa shape index (κ1) is 9.19.